The van der Waals surface area contributed by atoms with Gasteiger partial charge in [-0.3, -0.25) is 4.79 Å². The van der Waals surface area contributed by atoms with Gasteiger partial charge in [0.2, 0.25) is 0 Å². The molecule has 0 amide bonds. The van der Waals surface area contributed by atoms with Crippen molar-refractivity contribution in [1.82, 2.24) is 0 Å². The lowest BCUT2D eigenvalue weighted by atomic mass is 9.76. The Balaban J connectivity index is 2.37. The number of thiophene rings is 1. The van der Waals surface area contributed by atoms with Crippen LogP contribution in [0.4, 0.5) is 0 Å². The monoisotopic (exact) mass is 550 g/mol. The molecule has 5 atom stereocenters. The van der Waals surface area contributed by atoms with Crippen molar-refractivity contribution in [3.8, 4) is 0 Å². The maximum absolute atomic E-state index is 11.9. The van der Waals surface area contributed by atoms with Crippen LogP contribution in [-0.4, -0.2) is 38.1 Å². The first-order chi connectivity index (χ1) is 13.6. The number of halogens is 2. The van der Waals surface area contributed by atoms with E-state index in [0.717, 1.165) is 13.1 Å². The summed E-state index contributed by atoms with van der Waals surface area (Å²) in [6.07, 6.45) is 6.16. The summed E-state index contributed by atoms with van der Waals surface area (Å²) in [5.74, 6) is -3.04. The molecule has 29 heavy (non-hydrogen) atoms. The summed E-state index contributed by atoms with van der Waals surface area (Å²) in [7, 11) is 0. The van der Waals surface area contributed by atoms with Crippen molar-refractivity contribution in [1.29, 1.82) is 0 Å². The summed E-state index contributed by atoms with van der Waals surface area (Å²) in [6.45, 7) is 3.85. The molecule has 1 saturated carbocycles. The molecule has 2 rings (SSSR count). The second kappa shape index (κ2) is 10.6. The predicted octanol–water partition coefficient (Wildman–Crippen LogP) is 5.77. The Hall–Kier alpha value is -0.670. The van der Waals surface area contributed by atoms with E-state index >= 15 is 0 Å². The highest BCUT2D eigenvalue weighted by Crippen LogP contribution is 2.47. The summed E-state index contributed by atoms with van der Waals surface area (Å²) in [5, 5.41) is 42.3. The van der Waals surface area contributed by atoms with Crippen LogP contribution in [0.25, 0.3) is 0 Å². The van der Waals surface area contributed by atoms with Crippen LogP contribution in [-0.2, 0) is 4.79 Å². The first-order valence-corrected chi connectivity index (χ1v) is 12.1. The molecule has 0 saturated heterocycles. The number of carboxylic acid groups (broad SMARTS) is 1. The minimum atomic E-state index is -1.76. The molecule has 4 N–H and O–H groups in total. The highest BCUT2D eigenvalue weighted by atomic mass is 79.9. The van der Waals surface area contributed by atoms with Gasteiger partial charge >= 0.3 is 5.97 Å². The number of carboxylic acids is 1. The van der Waals surface area contributed by atoms with Crippen molar-refractivity contribution >= 4 is 49.2 Å². The number of carbonyl (C=O) groups is 1. The Morgan fingerprint density at radius 1 is 1.41 bits per heavy atom. The van der Waals surface area contributed by atoms with Gasteiger partial charge in [0.05, 0.1) is 19.6 Å². The quantitative estimate of drug-likeness (QED) is 0.231. The van der Waals surface area contributed by atoms with Gasteiger partial charge in [0, 0.05) is 18.3 Å². The van der Waals surface area contributed by atoms with Gasteiger partial charge in [0.15, 0.2) is 0 Å². The number of aliphatic hydroxyl groups is 3. The van der Waals surface area contributed by atoms with Crippen LogP contribution in [0.3, 0.4) is 0 Å². The van der Waals surface area contributed by atoms with Crippen molar-refractivity contribution in [3.63, 3.8) is 0 Å². The second-order valence-electron chi connectivity index (χ2n) is 7.56. The van der Waals surface area contributed by atoms with Crippen LogP contribution in [0.2, 0.25) is 0 Å². The Morgan fingerprint density at radius 3 is 2.62 bits per heavy atom. The summed E-state index contributed by atoms with van der Waals surface area (Å²) in [5.41, 5.74) is -0.775. The third-order valence-electron chi connectivity index (χ3n) is 5.69. The Kier molecular flexibility index (Phi) is 8.97. The smallest absolute Gasteiger partial charge is 0.306 e. The normalized spacial score (nSPS) is 27.4. The van der Waals surface area contributed by atoms with E-state index < -0.39 is 29.5 Å². The molecule has 8 heteroatoms. The topological polar surface area (TPSA) is 98.0 Å². The molecule has 1 aromatic rings. The van der Waals surface area contributed by atoms with Gasteiger partial charge in [-0.05, 0) is 82.2 Å². The molecule has 5 nitrogen and oxygen atoms in total. The van der Waals surface area contributed by atoms with Crippen molar-refractivity contribution in [2.45, 2.75) is 63.6 Å². The van der Waals surface area contributed by atoms with Gasteiger partial charge in [-0.2, -0.15) is 0 Å². The number of hydrogen-bond acceptors (Lipinski definition) is 5. The van der Waals surface area contributed by atoms with Crippen LogP contribution in [0.5, 0.6) is 0 Å². The molecule has 0 bridgehead atoms. The lowest BCUT2D eigenvalue weighted by molar-refractivity contribution is -0.147. The van der Waals surface area contributed by atoms with Crippen molar-refractivity contribution in [2.24, 2.45) is 11.8 Å². The molecule has 162 valence electrons. The van der Waals surface area contributed by atoms with Crippen molar-refractivity contribution < 1.29 is 25.2 Å². The van der Waals surface area contributed by atoms with Crippen LogP contribution in [0.15, 0.2) is 37.6 Å². The van der Waals surface area contributed by atoms with E-state index in [1.165, 1.54) is 11.3 Å². The SMILES string of the molecule is CC=CCCC(C(=O)O)C1C[C@H](O)C[C@@]1(O)/C(O)=C\[C@@H](CC)c1cc(Br)sc1Br. The fraction of sp³-hybridized carbons (Fsp3) is 0.571. The third kappa shape index (κ3) is 5.73. The van der Waals surface area contributed by atoms with E-state index in [0.29, 0.717) is 19.3 Å². The van der Waals surface area contributed by atoms with Crippen LogP contribution in [0.1, 0.15) is 57.4 Å². The fourth-order valence-corrected chi connectivity index (χ4v) is 7.18. The minimum Gasteiger partial charge on any atom is -0.510 e. The number of aliphatic carboxylic acids is 1. The Bertz CT molecular complexity index is 775. The first-order valence-electron chi connectivity index (χ1n) is 9.74. The van der Waals surface area contributed by atoms with Crippen LogP contribution in [0, 0.1) is 11.8 Å². The summed E-state index contributed by atoms with van der Waals surface area (Å²) < 4.78 is 1.89. The van der Waals surface area contributed by atoms with Crippen LogP contribution < -0.4 is 0 Å². The highest BCUT2D eigenvalue weighted by molar-refractivity contribution is 9.12. The zero-order valence-corrected chi connectivity index (χ0v) is 20.5. The van der Waals surface area contributed by atoms with Gasteiger partial charge < -0.3 is 20.4 Å². The number of allylic oxidation sites excluding steroid dienone is 3. The van der Waals surface area contributed by atoms with E-state index in [1.54, 1.807) is 6.08 Å². The molecular formula is C21H28Br2O5S. The van der Waals surface area contributed by atoms with Gasteiger partial charge in [-0.25, -0.2) is 0 Å². The number of rotatable bonds is 9. The Morgan fingerprint density at radius 2 is 2.10 bits per heavy atom. The largest absolute Gasteiger partial charge is 0.510 e. The molecule has 0 aromatic carbocycles. The predicted molar refractivity (Wildman–Crippen MR) is 122 cm³/mol. The minimum absolute atomic E-state index is 0.0711. The van der Waals surface area contributed by atoms with E-state index in [9.17, 15) is 25.2 Å². The van der Waals surface area contributed by atoms with E-state index in [2.05, 4.69) is 31.9 Å². The Labute approximate surface area is 192 Å². The van der Waals surface area contributed by atoms with Crippen molar-refractivity contribution in [2.75, 3.05) is 0 Å². The molecule has 1 aliphatic carbocycles. The lowest BCUT2D eigenvalue weighted by Gasteiger charge is -2.33. The van der Waals surface area contributed by atoms with E-state index in [1.807, 2.05) is 32.1 Å². The average molecular weight is 552 g/mol. The van der Waals surface area contributed by atoms with E-state index in [4.69, 9.17) is 0 Å². The maximum Gasteiger partial charge on any atom is 0.306 e. The van der Waals surface area contributed by atoms with Gasteiger partial charge in [-0.15, -0.1) is 11.3 Å². The molecule has 2 unspecified atom stereocenters. The third-order valence-corrected chi connectivity index (χ3v) is 8.08. The zero-order valence-electron chi connectivity index (χ0n) is 16.5. The van der Waals surface area contributed by atoms with Gasteiger partial charge in [-0.1, -0.05) is 19.1 Å². The van der Waals surface area contributed by atoms with E-state index in [-0.39, 0.29) is 24.5 Å². The summed E-state index contributed by atoms with van der Waals surface area (Å²) in [6, 6.07) is 1.97. The number of hydrogen-bond donors (Lipinski definition) is 4. The molecule has 0 radical (unpaired) electrons. The number of aliphatic hydroxyl groups excluding tert-OH is 2. The molecule has 1 aromatic heterocycles. The maximum atomic E-state index is 11.9. The first kappa shape index (κ1) is 24.6. The lowest BCUT2D eigenvalue weighted by Crippen LogP contribution is -2.42. The standard InChI is InChI=1S/C21H28Br2O5S/c1-3-5-6-7-14(20(26)27)16-9-13(24)11-21(16,28)17(25)8-12(4-2)15-10-18(22)29-19(15)23/h3,5,8,10,12-14,16,24-25,28H,4,6-7,9,11H2,1-2H3,(H,26,27)/b5-3?,17-8+/t12-,13+,14?,16?,21+/m1/s1. The zero-order chi connectivity index (χ0) is 21.8. The van der Waals surface area contributed by atoms with Crippen LogP contribution >= 0.6 is 43.2 Å². The van der Waals surface area contributed by atoms with Crippen molar-refractivity contribution in [3.05, 3.63) is 43.2 Å². The van der Waals surface area contributed by atoms with Gasteiger partial charge in [0.1, 0.15) is 11.4 Å². The molecule has 1 heterocycles. The molecule has 0 spiro atoms. The molecule has 1 aliphatic rings. The fourth-order valence-electron chi connectivity index (χ4n) is 4.18. The highest BCUT2D eigenvalue weighted by Gasteiger charge is 2.53. The summed E-state index contributed by atoms with van der Waals surface area (Å²) >= 11 is 8.52. The second-order valence-corrected chi connectivity index (χ2v) is 11.3. The average Bonchev–Trinajstić information content (AvgIpc) is 3.14. The molecular weight excluding hydrogens is 524 g/mol. The molecule has 1 fully saturated rings. The summed E-state index contributed by atoms with van der Waals surface area (Å²) in [4.78, 5) is 11.9. The van der Waals surface area contributed by atoms with Gasteiger partial charge in [0.25, 0.3) is 0 Å². The molecule has 0 aliphatic heterocycles.